The largest absolute Gasteiger partial charge is 0.314 e. The van der Waals surface area contributed by atoms with E-state index in [1.54, 1.807) is 5.56 Å². The van der Waals surface area contributed by atoms with Crippen LogP contribution in [0.5, 0.6) is 0 Å². The summed E-state index contributed by atoms with van der Waals surface area (Å²) in [5.41, 5.74) is 9.03. The van der Waals surface area contributed by atoms with Crippen LogP contribution in [0.15, 0.2) is 36.4 Å². The number of alkyl halides is 2. The molecule has 3 aliphatic rings. The molecular formula is C20H20Br2N2. The molecule has 1 heterocycles. The zero-order valence-electron chi connectivity index (χ0n) is 13.4. The van der Waals surface area contributed by atoms with E-state index in [1.807, 2.05) is 0 Å². The molecular weight excluding hydrogens is 428 g/mol. The molecule has 5 rings (SSSR count). The minimum Gasteiger partial charge on any atom is -0.314 e. The van der Waals surface area contributed by atoms with Gasteiger partial charge in [0.15, 0.2) is 0 Å². The summed E-state index contributed by atoms with van der Waals surface area (Å²) in [6.45, 7) is 4.37. The van der Waals surface area contributed by atoms with Gasteiger partial charge in [0.25, 0.3) is 0 Å². The fourth-order valence-corrected chi connectivity index (χ4v) is 5.92. The standard InChI is InChI=1S/C20H20Br2N2/c21-18-13-3-1-2-4-14(13)20(24-9-7-23-8-10-24)15-6-5-12-11-16(12)17(15)19(18)22/h1-6,18-20,23H,7-11H2. The normalized spacial score (nSPS) is 28.5. The Labute approximate surface area is 159 Å². The van der Waals surface area contributed by atoms with Crippen molar-refractivity contribution in [2.45, 2.75) is 22.1 Å². The minimum absolute atomic E-state index is 0.312. The summed E-state index contributed by atoms with van der Waals surface area (Å²) in [7, 11) is 0. The first-order chi connectivity index (χ1) is 11.8. The van der Waals surface area contributed by atoms with Gasteiger partial charge in [0, 0.05) is 26.2 Å². The lowest BCUT2D eigenvalue weighted by atomic mass is 9.92. The maximum atomic E-state index is 4.03. The molecule has 124 valence electrons. The Hall–Kier alpha value is -0.680. The molecule has 0 amide bonds. The fourth-order valence-electron chi connectivity index (χ4n) is 4.41. The summed E-state index contributed by atoms with van der Waals surface area (Å²) in [6.07, 6.45) is 1.17. The van der Waals surface area contributed by atoms with Gasteiger partial charge in [0.1, 0.15) is 0 Å². The van der Waals surface area contributed by atoms with Crippen molar-refractivity contribution in [1.29, 1.82) is 0 Å². The second kappa shape index (κ2) is 5.94. The zero-order valence-corrected chi connectivity index (χ0v) is 16.6. The number of rotatable bonds is 1. The maximum Gasteiger partial charge on any atom is 0.0609 e. The highest BCUT2D eigenvalue weighted by molar-refractivity contribution is 9.12. The van der Waals surface area contributed by atoms with Crippen molar-refractivity contribution in [1.82, 2.24) is 10.2 Å². The Morgan fingerprint density at radius 3 is 2.42 bits per heavy atom. The van der Waals surface area contributed by atoms with Crippen molar-refractivity contribution >= 4 is 31.9 Å². The van der Waals surface area contributed by atoms with Gasteiger partial charge in [-0.05, 0) is 39.8 Å². The number of nitrogens with one attached hydrogen (secondary N) is 1. The van der Waals surface area contributed by atoms with Crippen LogP contribution in [0.25, 0.3) is 0 Å². The van der Waals surface area contributed by atoms with Crippen LogP contribution in [0.2, 0.25) is 0 Å². The van der Waals surface area contributed by atoms with Crippen molar-refractivity contribution in [3.63, 3.8) is 0 Å². The molecule has 3 unspecified atom stereocenters. The second-order valence-electron chi connectivity index (χ2n) is 7.00. The topological polar surface area (TPSA) is 15.3 Å². The maximum absolute atomic E-state index is 4.03. The summed E-state index contributed by atoms with van der Waals surface area (Å²) in [4.78, 5) is 3.31. The van der Waals surface area contributed by atoms with E-state index in [2.05, 4.69) is 78.5 Å². The average molecular weight is 448 g/mol. The van der Waals surface area contributed by atoms with Crippen LogP contribution in [-0.2, 0) is 6.42 Å². The lowest BCUT2D eigenvalue weighted by Gasteiger charge is -2.36. The van der Waals surface area contributed by atoms with Gasteiger partial charge < -0.3 is 5.32 Å². The molecule has 2 aliphatic carbocycles. The van der Waals surface area contributed by atoms with Crippen molar-refractivity contribution in [3.05, 3.63) is 69.8 Å². The predicted molar refractivity (Wildman–Crippen MR) is 105 cm³/mol. The first-order valence-corrected chi connectivity index (χ1v) is 10.5. The summed E-state index contributed by atoms with van der Waals surface area (Å²) in [5.74, 6) is 0. The molecule has 0 aromatic heterocycles. The highest BCUT2D eigenvalue weighted by atomic mass is 79.9. The Kier molecular flexibility index (Phi) is 3.85. The number of nitrogens with zero attached hydrogens (tertiary/aromatic N) is 1. The van der Waals surface area contributed by atoms with Crippen molar-refractivity contribution in [3.8, 4) is 0 Å². The lowest BCUT2D eigenvalue weighted by Crippen LogP contribution is -2.45. The van der Waals surface area contributed by atoms with E-state index >= 15 is 0 Å². The molecule has 1 saturated heterocycles. The summed E-state index contributed by atoms with van der Waals surface area (Å²) < 4.78 is 0. The molecule has 4 heteroatoms. The summed E-state index contributed by atoms with van der Waals surface area (Å²) in [6, 6.07) is 14.1. The third kappa shape index (κ3) is 2.34. The van der Waals surface area contributed by atoms with E-state index in [1.165, 1.54) is 34.2 Å². The quantitative estimate of drug-likeness (QED) is 0.553. The van der Waals surface area contributed by atoms with Crippen LogP contribution in [0.4, 0.5) is 0 Å². The van der Waals surface area contributed by atoms with Gasteiger partial charge >= 0.3 is 0 Å². The van der Waals surface area contributed by atoms with Gasteiger partial charge in [-0.15, -0.1) is 0 Å². The second-order valence-corrected chi connectivity index (χ2v) is 8.98. The van der Waals surface area contributed by atoms with Gasteiger partial charge in [-0.1, -0.05) is 68.3 Å². The van der Waals surface area contributed by atoms with Gasteiger partial charge in [-0.3, -0.25) is 4.90 Å². The molecule has 3 atom stereocenters. The van der Waals surface area contributed by atoms with Crippen LogP contribution < -0.4 is 5.32 Å². The number of fused-ring (bicyclic) bond motifs is 4. The fraction of sp³-hybridized carbons (Fsp3) is 0.400. The van der Waals surface area contributed by atoms with Crippen LogP contribution >= 0.6 is 31.9 Å². The van der Waals surface area contributed by atoms with Crippen LogP contribution in [-0.4, -0.2) is 31.1 Å². The molecule has 2 aromatic carbocycles. The van der Waals surface area contributed by atoms with Crippen LogP contribution in [0.3, 0.4) is 0 Å². The van der Waals surface area contributed by atoms with E-state index in [0.29, 0.717) is 15.7 Å². The van der Waals surface area contributed by atoms with Crippen molar-refractivity contribution < 1.29 is 0 Å². The van der Waals surface area contributed by atoms with E-state index in [-0.39, 0.29) is 0 Å². The van der Waals surface area contributed by atoms with Crippen LogP contribution in [0, 0.1) is 0 Å². The number of benzene rings is 2. The predicted octanol–water partition coefficient (Wildman–Crippen LogP) is 4.47. The van der Waals surface area contributed by atoms with Crippen molar-refractivity contribution in [2.24, 2.45) is 0 Å². The SMILES string of the molecule is BrC1c2ccccc2C(N2CCNCC2)c2ccc3c(c2C1Br)C3. The highest BCUT2D eigenvalue weighted by Crippen LogP contribution is 2.55. The lowest BCUT2D eigenvalue weighted by molar-refractivity contribution is 0.198. The molecule has 2 aromatic rings. The van der Waals surface area contributed by atoms with E-state index in [0.717, 1.165) is 26.2 Å². The molecule has 24 heavy (non-hydrogen) atoms. The van der Waals surface area contributed by atoms with Gasteiger partial charge in [0.05, 0.1) is 15.7 Å². The van der Waals surface area contributed by atoms with Gasteiger partial charge in [-0.25, -0.2) is 0 Å². The number of piperazine rings is 1. The van der Waals surface area contributed by atoms with Crippen LogP contribution in [0.1, 0.15) is 49.1 Å². The van der Waals surface area contributed by atoms with Crippen molar-refractivity contribution in [2.75, 3.05) is 26.2 Å². The molecule has 1 fully saturated rings. The Morgan fingerprint density at radius 1 is 0.875 bits per heavy atom. The minimum atomic E-state index is 0.312. The average Bonchev–Trinajstić information content (AvgIpc) is 3.42. The molecule has 0 saturated carbocycles. The Morgan fingerprint density at radius 2 is 1.62 bits per heavy atom. The Bertz CT molecular complexity index is 798. The highest BCUT2D eigenvalue weighted by Gasteiger charge is 2.39. The van der Waals surface area contributed by atoms with Gasteiger partial charge in [-0.2, -0.15) is 0 Å². The summed E-state index contributed by atoms with van der Waals surface area (Å²) >= 11 is 8.03. The zero-order chi connectivity index (χ0) is 16.3. The third-order valence-corrected chi connectivity index (χ3v) is 8.38. The number of halogens is 2. The van der Waals surface area contributed by atoms with E-state index in [9.17, 15) is 0 Å². The smallest absolute Gasteiger partial charge is 0.0609 e. The first-order valence-electron chi connectivity index (χ1n) is 8.72. The molecule has 0 spiro atoms. The molecule has 0 radical (unpaired) electrons. The molecule has 1 aliphatic heterocycles. The monoisotopic (exact) mass is 446 g/mol. The first kappa shape index (κ1) is 15.6. The summed E-state index contributed by atoms with van der Waals surface area (Å²) in [5, 5.41) is 3.50. The van der Waals surface area contributed by atoms with Gasteiger partial charge in [0.2, 0.25) is 0 Å². The molecule has 2 nitrogen and oxygen atoms in total. The molecule has 0 bridgehead atoms. The van der Waals surface area contributed by atoms with E-state index < -0.39 is 0 Å². The molecule has 1 N–H and O–H groups in total. The number of hydrogen-bond donors (Lipinski definition) is 1. The number of hydrogen-bond acceptors (Lipinski definition) is 2. The third-order valence-electron chi connectivity index (χ3n) is 5.66. The van der Waals surface area contributed by atoms with E-state index in [4.69, 9.17) is 0 Å². The Balaban J connectivity index is 1.74.